The molecular formula is C15H15ClN4O5S2. The molecule has 9 nitrogen and oxygen atoms in total. The van der Waals surface area contributed by atoms with E-state index >= 15 is 0 Å². The summed E-state index contributed by atoms with van der Waals surface area (Å²) in [6, 6.07) is 3.94. The number of sulfonamides is 1. The lowest BCUT2D eigenvalue weighted by molar-refractivity contribution is -0.380. The third-order valence-corrected chi connectivity index (χ3v) is 7.26. The molecule has 27 heavy (non-hydrogen) atoms. The Kier molecular flexibility index (Phi) is 5.75. The summed E-state index contributed by atoms with van der Waals surface area (Å²) < 4.78 is 27.1. The monoisotopic (exact) mass is 430 g/mol. The van der Waals surface area contributed by atoms with Crippen LogP contribution in [-0.2, 0) is 10.0 Å². The smallest absolute Gasteiger partial charge is 0.298 e. The number of amides is 1. The van der Waals surface area contributed by atoms with Crippen molar-refractivity contribution in [1.29, 1.82) is 0 Å². The molecule has 1 aromatic heterocycles. The summed E-state index contributed by atoms with van der Waals surface area (Å²) in [4.78, 5) is 26.1. The van der Waals surface area contributed by atoms with Crippen molar-refractivity contribution in [2.24, 2.45) is 0 Å². The average molecular weight is 431 g/mol. The lowest BCUT2D eigenvalue weighted by atomic mass is 10.2. The number of piperidine rings is 1. The van der Waals surface area contributed by atoms with Gasteiger partial charge in [0, 0.05) is 18.7 Å². The molecule has 2 heterocycles. The third-order valence-electron chi connectivity index (χ3n) is 4.02. The van der Waals surface area contributed by atoms with E-state index in [9.17, 15) is 23.3 Å². The van der Waals surface area contributed by atoms with E-state index in [4.69, 9.17) is 11.6 Å². The fourth-order valence-electron chi connectivity index (χ4n) is 2.66. The summed E-state index contributed by atoms with van der Waals surface area (Å²) in [5, 5.41) is 13.0. The lowest BCUT2D eigenvalue weighted by Crippen LogP contribution is -2.35. The van der Waals surface area contributed by atoms with E-state index in [0.29, 0.717) is 24.4 Å². The van der Waals surface area contributed by atoms with Crippen LogP contribution in [0.2, 0.25) is 5.02 Å². The van der Waals surface area contributed by atoms with Gasteiger partial charge in [0.25, 0.3) is 5.91 Å². The minimum atomic E-state index is -3.81. The average Bonchev–Trinajstić information content (AvgIpc) is 3.11. The summed E-state index contributed by atoms with van der Waals surface area (Å²) >= 11 is 6.79. The SMILES string of the molecule is O=C(Nc1ncc([N+](=O)[O-])s1)c1ccc(Cl)c(S(=O)(=O)N2CCCCC2)c1. The lowest BCUT2D eigenvalue weighted by Gasteiger charge is -2.26. The highest BCUT2D eigenvalue weighted by atomic mass is 35.5. The predicted octanol–water partition coefficient (Wildman–Crippen LogP) is 3.13. The highest BCUT2D eigenvalue weighted by Gasteiger charge is 2.29. The zero-order valence-corrected chi connectivity index (χ0v) is 16.3. The molecule has 144 valence electrons. The number of benzene rings is 1. The van der Waals surface area contributed by atoms with Crippen LogP contribution >= 0.6 is 22.9 Å². The molecule has 1 fully saturated rings. The van der Waals surface area contributed by atoms with E-state index in [1.807, 2.05) is 0 Å². The van der Waals surface area contributed by atoms with Crippen molar-refractivity contribution >= 4 is 49.0 Å². The maximum absolute atomic E-state index is 12.8. The zero-order valence-electron chi connectivity index (χ0n) is 13.9. The number of anilines is 1. The van der Waals surface area contributed by atoms with Crippen molar-refractivity contribution < 1.29 is 18.1 Å². The van der Waals surface area contributed by atoms with Gasteiger partial charge < -0.3 is 0 Å². The Hall–Kier alpha value is -2.08. The van der Waals surface area contributed by atoms with Crippen LogP contribution in [-0.4, -0.2) is 41.6 Å². The van der Waals surface area contributed by atoms with Gasteiger partial charge in [-0.15, -0.1) is 0 Å². The fraction of sp³-hybridized carbons (Fsp3) is 0.333. The van der Waals surface area contributed by atoms with Crippen LogP contribution in [0.25, 0.3) is 0 Å². The van der Waals surface area contributed by atoms with Crippen LogP contribution in [0.3, 0.4) is 0 Å². The maximum atomic E-state index is 12.8. The summed E-state index contributed by atoms with van der Waals surface area (Å²) in [5.74, 6) is -0.633. The number of hydrogen-bond acceptors (Lipinski definition) is 7. The van der Waals surface area contributed by atoms with Gasteiger partial charge in [-0.05, 0) is 42.4 Å². The highest BCUT2D eigenvalue weighted by molar-refractivity contribution is 7.89. The van der Waals surface area contributed by atoms with E-state index < -0.39 is 20.9 Å². The Balaban J connectivity index is 1.85. The molecule has 1 amide bonds. The molecule has 0 saturated carbocycles. The number of carbonyl (C=O) groups excluding carboxylic acids is 1. The molecule has 0 bridgehead atoms. The van der Waals surface area contributed by atoms with E-state index in [2.05, 4.69) is 10.3 Å². The summed E-state index contributed by atoms with van der Waals surface area (Å²) in [7, 11) is -3.81. The number of nitro groups is 1. The molecule has 1 aliphatic heterocycles. The Bertz CT molecular complexity index is 986. The fourth-order valence-corrected chi connectivity index (χ4v) is 5.31. The number of halogens is 1. The molecule has 0 atom stereocenters. The predicted molar refractivity (Wildman–Crippen MR) is 101 cm³/mol. The van der Waals surface area contributed by atoms with Crippen molar-refractivity contribution in [2.75, 3.05) is 18.4 Å². The van der Waals surface area contributed by atoms with Crippen LogP contribution in [0, 0.1) is 10.1 Å². The van der Waals surface area contributed by atoms with E-state index in [-0.39, 0.29) is 25.6 Å². The van der Waals surface area contributed by atoms with Crippen LogP contribution in [0.1, 0.15) is 29.6 Å². The molecule has 0 unspecified atom stereocenters. The van der Waals surface area contributed by atoms with Crippen molar-refractivity contribution in [2.45, 2.75) is 24.2 Å². The molecule has 1 saturated heterocycles. The van der Waals surface area contributed by atoms with Crippen molar-refractivity contribution in [1.82, 2.24) is 9.29 Å². The van der Waals surface area contributed by atoms with Gasteiger partial charge in [0.05, 0.1) is 9.95 Å². The Labute approximate surface area is 164 Å². The van der Waals surface area contributed by atoms with Crippen LogP contribution in [0.4, 0.5) is 10.1 Å². The van der Waals surface area contributed by atoms with Gasteiger partial charge in [0.2, 0.25) is 10.0 Å². The van der Waals surface area contributed by atoms with E-state index in [1.54, 1.807) is 0 Å². The number of aromatic nitrogens is 1. The maximum Gasteiger partial charge on any atom is 0.345 e. The van der Waals surface area contributed by atoms with Gasteiger partial charge in [0.15, 0.2) is 5.13 Å². The van der Waals surface area contributed by atoms with Crippen molar-refractivity contribution in [3.05, 3.63) is 45.1 Å². The molecule has 0 aliphatic carbocycles. The minimum Gasteiger partial charge on any atom is -0.298 e. The normalized spacial score (nSPS) is 15.4. The second-order valence-corrected chi connectivity index (χ2v) is 9.15. The van der Waals surface area contributed by atoms with Crippen LogP contribution in [0.5, 0.6) is 0 Å². The van der Waals surface area contributed by atoms with E-state index in [1.165, 1.54) is 22.5 Å². The summed E-state index contributed by atoms with van der Waals surface area (Å²) in [5.41, 5.74) is 0.0628. The zero-order chi connectivity index (χ0) is 19.6. The summed E-state index contributed by atoms with van der Waals surface area (Å²) in [6.45, 7) is 0.829. The topological polar surface area (TPSA) is 123 Å². The highest BCUT2D eigenvalue weighted by Crippen LogP contribution is 2.29. The first-order valence-corrected chi connectivity index (χ1v) is 10.6. The minimum absolute atomic E-state index is 0.0296. The first-order chi connectivity index (χ1) is 12.8. The Morgan fingerprint density at radius 3 is 2.63 bits per heavy atom. The molecule has 0 spiro atoms. The number of thiazole rings is 1. The molecule has 1 aliphatic rings. The molecule has 1 N–H and O–H groups in total. The van der Waals surface area contributed by atoms with Gasteiger partial charge >= 0.3 is 5.00 Å². The Morgan fingerprint density at radius 1 is 1.30 bits per heavy atom. The number of hydrogen-bond donors (Lipinski definition) is 1. The van der Waals surface area contributed by atoms with Crippen LogP contribution in [0.15, 0.2) is 29.3 Å². The van der Waals surface area contributed by atoms with Crippen LogP contribution < -0.4 is 5.32 Å². The molecule has 2 aromatic rings. The second kappa shape index (κ2) is 7.89. The summed E-state index contributed by atoms with van der Waals surface area (Å²) in [6.07, 6.45) is 3.57. The first kappa shape index (κ1) is 19.7. The molecule has 3 rings (SSSR count). The number of carbonyl (C=O) groups is 1. The van der Waals surface area contributed by atoms with E-state index in [0.717, 1.165) is 25.5 Å². The van der Waals surface area contributed by atoms with Gasteiger partial charge in [-0.3, -0.25) is 20.2 Å². The number of rotatable bonds is 5. The largest absolute Gasteiger partial charge is 0.345 e. The van der Waals surface area contributed by atoms with Gasteiger partial charge in [-0.25, -0.2) is 13.4 Å². The number of nitrogens with zero attached hydrogens (tertiary/aromatic N) is 3. The molecule has 12 heteroatoms. The second-order valence-electron chi connectivity index (χ2n) is 5.82. The van der Waals surface area contributed by atoms with Crippen molar-refractivity contribution in [3.63, 3.8) is 0 Å². The number of nitrogens with one attached hydrogen (secondary N) is 1. The molecule has 1 aromatic carbocycles. The van der Waals surface area contributed by atoms with Gasteiger partial charge in [0.1, 0.15) is 11.1 Å². The van der Waals surface area contributed by atoms with Gasteiger partial charge in [-0.1, -0.05) is 18.0 Å². The quantitative estimate of drug-likeness (QED) is 0.574. The molecule has 0 radical (unpaired) electrons. The third kappa shape index (κ3) is 4.26. The Morgan fingerprint density at radius 2 is 2.00 bits per heavy atom. The van der Waals surface area contributed by atoms with Gasteiger partial charge in [-0.2, -0.15) is 4.31 Å². The standard InChI is InChI=1S/C15H15ClN4O5S2/c16-11-5-4-10(14(21)18-15-17-9-13(26-15)20(22)23)8-12(11)27(24,25)19-6-2-1-3-7-19/h4-5,8-9H,1-3,6-7H2,(H,17,18,21). The first-order valence-electron chi connectivity index (χ1n) is 8.00. The molecular weight excluding hydrogens is 416 g/mol. The van der Waals surface area contributed by atoms with Crippen molar-refractivity contribution in [3.8, 4) is 0 Å².